The molecule has 0 amide bonds. The van der Waals surface area contributed by atoms with Crippen molar-refractivity contribution in [2.75, 3.05) is 31.5 Å². The third-order valence-electron chi connectivity index (χ3n) is 4.43. The molecule has 3 nitrogen and oxygen atoms in total. The maximum absolute atomic E-state index is 3.48. The van der Waals surface area contributed by atoms with Gasteiger partial charge in [-0.15, -0.1) is 0 Å². The van der Waals surface area contributed by atoms with Crippen LogP contribution in [0.1, 0.15) is 24.1 Å². The van der Waals surface area contributed by atoms with Gasteiger partial charge in [0.25, 0.3) is 0 Å². The highest BCUT2D eigenvalue weighted by Gasteiger charge is 2.17. The molecule has 2 aromatic carbocycles. The minimum Gasteiger partial charge on any atom is -0.381 e. The van der Waals surface area contributed by atoms with E-state index in [9.17, 15) is 0 Å². The molecule has 2 N–H and O–H groups in total. The van der Waals surface area contributed by atoms with Gasteiger partial charge in [-0.25, -0.2) is 0 Å². The molecule has 2 aromatic rings. The smallest absolute Gasteiger partial charge is 0.0400 e. The van der Waals surface area contributed by atoms with E-state index in [1.54, 1.807) is 0 Å². The predicted octanol–water partition coefficient (Wildman–Crippen LogP) is 3.26. The fourth-order valence-corrected chi connectivity index (χ4v) is 2.96. The fraction of sp³-hybridized carbons (Fsp3) is 0.368. The summed E-state index contributed by atoms with van der Waals surface area (Å²) in [6.07, 6.45) is 0. The molecule has 116 valence electrons. The second-order valence-corrected chi connectivity index (χ2v) is 5.92. The Kier molecular flexibility index (Phi) is 5.09. The average Bonchev–Trinajstić information content (AvgIpc) is 2.61. The minimum absolute atomic E-state index is 0.491. The molecule has 1 saturated heterocycles. The van der Waals surface area contributed by atoms with Crippen LogP contribution in [0, 0.1) is 0 Å². The quantitative estimate of drug-likeness (QED) is 0.886. The summed E-state index contributed by atoms with van der Waals surface area (Å²) >= 11 is 0. The van der Waals surface area contributed by atoms with Crippen LogP contribution in [0.15, 0.2) is 54.6 Å². The highest BCUT2D eigenvalue weighted by molar-refractivity contribution is 5.45. The van der Waals surface area contributed by atoms with E-state index in [-0.39, 0.29) is 0 Å². The molecule has 1 heterocycles. The van der Waals surface area contributed by atoms with Crippen molar-refractivity contribution in [3.05, 3.63) is 65.7 Å². The van der Waals surface area contributed by atoms with Crippen molar-refractivity contribution in [3.63, 3.8) is 0 Å². The summed E-state index contributed by atoms with van der Waals surface area (Å²) in [5, 5.41) is 6.89. The van der Waals surface area contributed by atoms with Crippen molar-refractivity contribution >= 4 is 5.69 Å². The van der Waals surface area contributed by atoms with Gasteiger partial charge < -0.3 is 10.6 Å². The third-order valence-corrected chi connectivity index (χ3v) is 4.43. The Morgan fingerprint density at radius 2 is 1.68 bits per heavy atom. The summed E-state index contributed by atoms with van der Waals surface area (Å²) in [7, 11) is 0. The second kappa shape index (κ2) is 7.43. The molecule has 22 heavy (non-hydrogen) atoms. The first-order valence-electron chi connectivity index (χ1n) is 8.15. The zero-order chi connectivity index (χ0) is 15.2. The zero-order valence-electron chi connectivity index (χ0n) is 13.3. The molecule has 0 unspecified atom stereocenters. The van der Waals surface area contributed by atoms with Gasteiger partial charge in [0.05, 0.1) is 0 Å². The van der Waals surface area contributed by atoms with Crippen molar-refractivity contribution in [1.29, 1.82) is 0 Å². The topological polar surface area (TPSA) is 27.3 Å². The first kappa shape index (κ1) is 15.1. The molecular formula is C19H25N3. The maximum Gasteiger partial charge on any atom is 0.0400 e. The third kappa shape index (κ3) is 3.87. The molecule has 0 bridgehead atoms. The Balaban J connectivity index is 1.57. The Hall–Kier alpha value is -1.84. The van der Waals surface area contributed by atoms with E-state index in [1.807, 2.05) is 0 Å². The van der Waals surface area contributed by atoms with Gasteiger partial charge in [-0.2, -0.15) is 0 Å². The first-order chi connectivity index (χ1) is 10.8. The number of hydrogen-bond acceptors (Lipinski definition) is 3. The monoisotopic (exact) mass is 295 g/mol. The number of nitrogens with one attached hydrogen (secondary N) is 2. The number of rotatable bonds is 5. The molecule has 1 atom stereocenters. The fourth-order valence-electron chi connectivity index (χ4n) is 2.96. The van der Waals surface area contributed by atoms with Crippen molar-refractivity contribution in [1.82, 2.24) is 10.2 Å². The van der Waals surface area contributed by atoms with Crippen LogP contribution in [0.3, 0.4) is 0 Å². The summed E-state index contributed by atoms with van der Waals surface area (Å²) < 4.78 is 0. The van der Waals surface area contributed by atoms with E-state index in [0.29, 0.717) is 6.04 Å². The van der Waals surface area contributed by atoms with Crippen LogP contribution in [-0.2, 0) is 6.54 Å². The summed E-state index contributed by atoms with van der Waals surface area (Å²) in [5.41, 5.74) is 3.88. The van der Waals surface area contributed by atoms with E-state index >= 15 is 0 Å². The molecule has 3 heteroatoms. The Morgan fingerprint density at radius 1 is 1.00 bits per heavy atom. The molecule has 0 aliphatic carbocycles. The van der Waals surface area contributed by atoms with Crippen LogP contribution in [-0.4, -0.2) is 31.1 Å². The average molecular weight is 295 g/mol. The highest BCUT2D eigenvalue weighted by Crippen LogP contribution is 2.22. The van der Waals surface area contributed by atoms with Crippen LogP contribution >= 0.6 is 0 Å². The van der Waals surface area contributed by atoms with Gasteiger partial charge in [0.15, 0.2) is 0 Å². The largest absolute Gasteiger partial charge is 0.381 e. The van der Waals surface area contributed by atoms with E-state index in [4.69, 9.17) is 0 Å². The van der Waals surface area contributed by atoms with Crippen molar-refractivity contribution < 1.29 is 0 Å². The van der Waals surface area contributed by atoms with Crippen molar-refractivity contribution in [2.45, 2.75) is 19.5 Å². The summed E-state index contributed by atoms with van der Waals surface area (Å²) in [4.78, 5) is 2.54. The molecular weight excluding hydrogens is 270 g/mol. The molecule has 1 aliphatic rings. The normalized spacial score (nSPS) is 17.1. The van der Waals surface area contributed by atoms with Gasteiger partial charge in [-0.3, -0.25) is 4.90 Å². The lowest BCUT2D eigenvalue weighted by atomic mass is 10.1. The number of anilines is 1. The van der Waals surface area contributed by atoms with Gasteiger partial charge in [0.2, 0.25) is 0 Å². The van der Waals surface area contributed by atoms with E-state index in [1.165, 1.54) is 16.8 Å². The van der Waals surface area contributed by atoms with Crippen molar-refractivity contribution in [3.8, 4) is 0 Å². The van der Waals surface area contributed by atoms with Crippen LogP contribution < -0.4 is 10.6 Å². The number of benzene rings is 2. The van der Waals surface area contributed by atoms with Crippen LogP contribution in [0.5, 0.6) is 0 Å². The minimum atomic E-state index is 0.491. The Morgan fingerprint density at radius 3 is 2.36 bits per heavy atom. The van der Waals surface area contributed by atoms with Crippen LogP contribution in [0.2, 0.25) is 0 Å². The number of hydrogen-bond donors (Lipinski definition) is 2. The van der Waals surface area contributed by atoms with Crippen LogP contribution in [0.25, 0.3) is 0 Å². The lowest BCUT2D eigenvalue weighted by Crippen LogP contribution is -2.44. The molecule has 1 fully saturated rings. The Bertz CT molecular complexity index is 559. The van der Waals surface area contributed by atoms with Crippen LogP contribution in [0.4, 0.5) is 5.69 Å². The number of piperazine rings is 1. The van der Waals surface area contributed by atoms with Gasteiger partial charge in [-0.05, 0) is 30.2 Å². The SMILES string of the molecule is C[C@H](c1ccc(NCc2ccccc2)cc1)N1CCNCC1. The van der Waals surface area contributed by atoms with E-state index in [2.05, 4.69) is 77.1 Å². The number of nitrogens with zero attached hydrogens (tertiary/aromatic N) is 1. The van der Waals surface area contributed by atoms with Gasteiger partial charge in [-0.1, -0.05) is 42.5 Å². The highest BCUT2D eigenvalue weighted by atomic mass is 15.2. The lowest BCUT2D eigenvalue weighted by molar-refractivity contribution is 0.185. The Labute approximate surface area is 133 Å². The molecule has 0 aromatic heterocycles. The zero-order valence-corrected chi connectivity index (χ0v) is 13.3. The summed E-state index contributed by atoms with van der Waals surface area (Å²) in [6, 6.07) is 19.9. The molecule has 1 aliphatic heterocycles. The molecule has 0 spiro atoms. The maximum atomic E-state index is 3.48. The molecule has 0 radical (unpaired) electrons. The van der Waals surface area contributed by atoms with Gasteiger partial charge >= 0.3 is 0 Å². The lowest BCUT2D eigenvalue weighted by Gasteiger charge is -2.33. The molecule has 3 rings (SSSR count). The standard InChI is InChI=1S/C19H25N3/c1-16(22-13-11-20-12-14-22)18-7-9-19(10-8-18)21-15-17-5-3-2-4-6-17/h2-10,16,20-21H,11-15H2,1H3/t16-/m1/s1. The van der Waals surface area contributed by atoms with E-state index in [0.717, 1.165) is 32.7 Å². The predicted molar refractivity (Wildman–Crippen MR) is 93.1 cm³/mol. The molecule has 0 saturated carbocycles. The summed E-state index contributed by atoms with van der Waals surface area (Å²) in [6.45, 7) is 7.64. The summed E-state index contributed by atoms with van der Waals surface area (Å²) in [5.74, 6) is 0. The second-order valence-electron chi connectivity index (χ2n) is 5.92. The first-order valence-corrected chi connectivity index (χ1v) is 8.15. The van der Waals surface area contributed by atoms with Crippen molar-refractivity contribution in [2.24, 2.45) is 0 Å². The van der Waals surface area contributed by atoms with E-state index < -0.39 is 0 Å². The van der Waals surface area contributed by atoms with Gasteiger partial charge in [0.1, 0.15) is 0 Å². The van der Waals surface area contributed by atoms with Gasteiger partial charge in [0, 0.05) is 44.5 Å².